The van der Waals surface area contributed by atoms with Gasteiger partial charge in [-0.05, 0) is 67.5 Å². The molecule has 0 spiro atoms. The second-order valence-corrected chi connectivity index (χ2v) is 5.94. The Hall–Kier alpha value is -2.27. The number of ether oxygens (including phenoxy) is 2. The lowest BCUT2D eigenvalue weighted by molar-refractivity contribution is 0.286. The van der Waals surface area contributed by atoms with E-state index in [1.165, 1.54) is 5.56 Å². The summed E-state index contributed by atoms with van der Waals surface area (Å²) in [7, 11) is 1.64. The van der Waals surface area contributed by atoms with E-state index < -0.39 is 0 Å². The number of aryl methyl sites for hydroxylation is 1. The lowest BCUT2D eigenvalue weighted by atomic mass is 10.1. The first-order valence-corrected chi connectivity index (χ1v) is 8.45. The van der Waals surface area contributed by atoms with Gasteiger partial charge in [-0.1, -0.05) is 19.1 Å². The second kappa shape index (κ2) is 9.13. The molecule has 0 aliphatic rings. The average molecular weight is 344 g/mol. The van der Waals surface area contributed by atoms with Crippen LogP contribution in [0.3, 0.4) is 0 Å². The molecule has 2 aromatic rings. The molecule has 0 bridgehead atoms. The molecule has 24 heavy (non-hydrogen) atoms. The lowest BCUT2D eigenvalue weighted by Gasteiger charge is -2.18. The van der Waals surface area contributed by atoms with Crippen molar-refractivity contribution in [2.45, 2.75) is 26.3 Å². The number of anilines is 1. The van der Waals surface area contributed by atoms with Crippen molar-refractivity contribution in [1.82, 2.24) is 5.32 Å². The zero-order valence-electron chi connectivity index (χ0n) is 14.3. The normalized spacial score (nSPS) is 11.5. The number of nitrogens with one attached hydrogen (secondary N) is 2. The molecule has 4 nitrogen and oxygen atoms in total. The molecule has 0 saturated carbocycles. The average Bonchev–Trinajstić information content (AvgIpc) is 2.61. The van der Waals surface area contributed by atoms with Crippen LogP contribution < -0.4 is 20.1 Å². The number of hydrogen-bond acceptors (Lipinski definition) is 3. The van der Waals surface area contributed by atoms with Crippen LogP contribution in [0.25, 0.3) is 0 Å². The van der Waals surface area contributed by atoms with Crippen LogP contribution in [-0.2, 0) is 6.42 Å². The van der Waals surface area contributed by atoms with E-state index in [0.717, 1.165) is 23.6 Å². The lowest BCUT2D eigenvalue weighted by Crippen LogP contribution is -2.39. The van der Waals surface area contributed by atoms with Crippen molar-refractivity contribution in [3.05, 3.63) is 54.1 Å². The summed E-state index contributed by atoms with van der Waals surface area (Å²) in [6, 6.07) is 15.9. The quantitative estimate of drug-likeness (QED) is 0.743. The highest BCUT2D eigenvalue weighted by Crippen LogP contribution is 2.17. The Balaban J connectivity index is 1.75. The molecular weight excluding hydrogens is 320 g/mol. The number of benzene rings is 2. The predicted octanol–water partition coefficient (Wildman–Crippen LogP) is 4.01. The Labute approximate surface area is 149 Å². The fourth-order valence-corrected chi connectivity index (χ4v) is 2.47. The van der Waals surface area contributed by atoms with Gasteiger partial charge in [-0.15, -0.1) is 0 Å². The molecule has 5 heteroatoms. The largest absolute Gasteiger partial charge is 0.497 e. The summed E-state index contributed by atoms with van der Waals surface area (Å²) in [5, 5.41) is 6.99. The molecule has 2 rings (SSSR count). The van der Waals surface area contributed by atoms with E-state index >= 15 is 0 Å². The first kappa shape index (κ1) is 18.1. The highest BCUT2D eigenvalue weighted by Gasteiger charge is 2.06. The van der Waals surface area contributed by atoms with Gasteiger partial charge in [0.15, 0.2) is 5.11 Å². The van der Waals surface area contributed by atoms with E-state index in [1.54, 1.807) is 7.11 Å². The maximum atomic E-state index is 5.74. The van der Waals surface area contributed by atoms with Crippen LogP contribution in [-0.4, -0.2) is 24.9 Å². The Kier molecular flexibility index (Phi) is 6.88. The summed E-state index contributed by atoms with van der Waals surface area (Å²) in [6.07, 6.45) is 1.03. The van der Waals surface area contributed by atoms with E-state index in [1.807, 2.05) is 43.3 Å². The van der Waals surface area contributed by atoms with Crippen LogP contribution in [0.15, 0.2) is 48.5 Å². The van der Waals surface area contributed by atoms with Crippen LogP contribution in [0, 0.1) is 0 Å². The molecule has 2 aromatic carbocycles. The Morgan fingerprint density at radius 3 is 2.25 bits per heavy atom. The third kappa shape index (κ3) is 5.74. The summed E-state index contributed by atoms with van der Waals surface area (Å²) in [4.78, 5) is 0. The van der Waals surface area contributed by atoms with Gasteiger partial charge in [0.25, 0.3) is 0 Å². The molecule has 0 saturated heterocycles. The van der Waals surface area contributed by atoms with Gasteiger partial charge < -0.3 is 20.1 Å². The van der Waals surface area contributed by atoms with E-state index in [0.29, 0.717) is 11.7 Å². The molecule has 128 valence electrons. The molecule has 0 aliphatic heterocycles. The number of rotatable bonds is 7. The first-order valence-electron chi connectivity index (χ1n) is 8.04. The minimum atomic E-state index is 0.0852. The van der Waals surface area contributed by atoms with E-state index in [2.05, 4.69) is 29.7 Å². The highest BCUT2D eigenvalue weighted by atomic mass is 32.1. The molecular formula is C19H24N2O2S. The highest BCUT2D eigenvalue weighted by molar-refractivity contribution is 7.80. The third-order valence-electron chi connectivity index (χ3n) is 3.56. The maximum absolute atomic E-state index is 5.74. The van der Waals surface area contributed by atoms with Gasteiger partial charge >= 0.3 is 0 Å². The molecule has 2 N–H and O–H groups in total. The molecule has 1 unspecified atom stereocenters. The first-order chi connectivity index (χ1) is 11.6. The van der Waals surface area contributed by atoms with Crippen molar-refractivity contribution in [3.8, 4) is 11.5 Å². The van der Waals surface area contributed by atoms with Gasteiger partial charge in [-0.2, -0.15) is 0 Å². The zero-order valence-corrected chi connectivity index (χ0v) is 15.2. The van der Waals surface area contributed by atoms with Crippen molar-refractivity contribution in [3.63, 3.8) is 0 Å². The topological polar surface area (TPSA) is 42.5 Å². The molecule has 1 atom stereocenters. The van der Waals surface area contributed by atoms with Gasteiger partial charge in [0.05, 0.1) is 13.2 Å². The molecule has 0 radical (unpaired) electrons. The minimum absolute atomic E-state index is 0.0852. The summed E-state index contributed by atoms with van der Waals surface area (Å²) in [6.45, 7) is 4.68. The second-order valence-electron chi connectivity index (χ2n) is 5.54. The monoisotopic (exact) mass is 344 g/mol. The van der Waals surface area contributed by atoms with Crippen molar-refractivity contribution in [1.29, 1.82) is 0 Å². The maximum Gasteiger partial charge on any atom is 0.171 e. The minimum Gasteiger partial charge on any atom is -0.497 e. The molecule has 0 amide bonds. The number of thiocarbonyl (C=S) groups is 1. The molecule has 0 aliphatic carbocycles. The van der Waals surface area contributed by atoms with Crippen LogP contribution >= 0.6 is 12.2 Å². The van der Waals surface area contributed by atoms with Crippen LogP contribution in [0.4, 0.5) is 5.69 Å². The van der Waals surface area contributed by atoms with Crippen LogP contribution in [0.2, 0.25) is 0 Å². The molecule has 0 aromatic heterocycles. The van der Waals surface area contributed by atoms with E-state index in [4.69, 9.17) is 21.7 Å². The predicted molar refractivity (Wildman–Crippen MR) is 103 cm³/mol. The third-order valence-corrected chi connectivity index (χ3v) is 3.78. The van der Waals surface area contributed by atoms with Gasteiger partial charge in [0.1, 0.15) is 18.1 Å². The van der Waals surface area contributed by atoms with Gasteiger partial charge in [0, 0.05) is 5.69 Å². The Morgan fingerprint density at radius 1 is 1.04 bits per heavy atom. The number of methoxy groups -OCH3 is 1. The van der Waals surface area contributed by atoms with Crippen molar-refractivity contribution >= 4 is 23.0 Å². The van der Waals surface area contributed by atoms with Gasteiger partial charge in [-0.25, -0.2) is 0 Å². The summed E-state index contributed by atoms with van der Waals surface area (Å²) >= 11 is 5.34. The van der Waals surface area contributed by atoms with Crippen molar-refractivity contribution in [2.75, 3.05) is 19.0 Å². The Bertz CT molecular complexity index is 641. The van der Waals surface area contributed by atoms with Gasteiger partial charge in [-0.3, -0.25) is 0 Å². The van der Waals surface area contributed by atoms with Crippen molar-refractivity contribution in [2.24, 2.45) is 0 Å². The summed E-state index contributed by atoms with van der Waals surface area (Å²) in [5.41, 5.74) is 2.29. The van der Waals surface area contributed by atoms with Crippen LogP contribution in [0.5, 0.6) is 11.5 Å². The fraction of sp³-hybridized carbons (Fsp3) is 0.316. The van der Waals surface area contributed by atoms with E-state index in [-0.39, 0.29) is 6.04 Å². The Morgan fingerprint density at radius 2 is 1.67 bits per heavy atom. The van der Waals surface area contributed by atoms with Crippen LogP contribution in [0.1, 0.15) is 19.4 Å². The number of hydrogen-bond donors (Lipinski definition) is 2. The molecule has 0 fully saturated rings. The summed E-state index contributed by atoms with van der Waals surface area (Å²) in [5.74, 6) is 1.62. The molecule has 0 heterocycles. The van der Waals surface area contributed by atoms with Crippen molar-refractivity contribution < 1.29 is 9.47 Å². The zero-order chi connectivity index (χ0) is 17.4. The standard InChI is InChI=1S/C19H24N2O2S/c1-4-15-5-7-16(8-6-15)21-19(24)20-14(2)13-23-18-11-9-17(22-3)10-12-18/h5-12,14H,4,13H2,1-3H3,(H2,20,21,24). The van der Waals surface area contributed by atoms with Gasteiger partial charge in [0.2, 0.25) is 0 Å². The smallest absolute Gasteiger partial charge is 0.171 e. The fourth-order valence-electron chi connectivity index (χ4n) is 2.15. The SMILES string of the molecule is CCc1ccc(NC(=S)NC(C)COc2ccc(OC)cc2)cc1. The van der Waals surface area contributed by atoms with E-state index in [9.17, 15) is 0 Å². The summed E-state index contributed by atoms with van der Waals surface area (Å²) < 4.78 is 10.9.